The Balaban J connectivity index is 1.65. The van der Waals surface area contributed by atoms with Gasteiger partial charge >= 0.3 is 0 Å². The largest absolute Gasteiger partial charge is 0.361 e. The molecule has 5 nitrogen and oxygen atoms in total. The zero-order chi connectivity index (χ0) is 16.4. The van der Waals surface area contributed by atoms with E-state index in [2.05, 4.69) is 10.3 Å². The first-order valence-electron chi connectivity index (χ1n) is 7.89. The number of nitrogens with one attached hydrogen (secondary N) is 2. The second-order valence-electron chi connectivity index (χ2n) is 5.89. The van der Waals surface area contributed by atoms with Gasteiger partial charge in [-0.1, -0.05) is 11.6 Å². The van der Waals surface area contributed by atoms with Crippen LogP contribution in [0.3, 0.4) is 0 Å². The van der Waals surface area contributed by atoms with Crippen LogP contribution in [0.1, 0.15) is 18.9 Å². The number of nitrogens with zero attached hydrogens (tertiary/aromatic N) is 1. The zero-order valence-corrected chi connectivity index (χ0v) is 13.8. The lowest BCUT2D eigenvalue weighted by atomic mass is 10.1. The summed E-state index contributed by atoms with van der Waals surface area (Å²) < 4.78 is 0. The van der Waals surface area contributed by atoms with E-state index < -0.39 is 0 Å². The maximum Gasteiger partial charge on any atom is 0.225 e. The molecule has 1 aliphatic heterocycles. The first-order chi connectivity index (χ1) is 11.1. The molecule has 2 N–H and O–H groups in total. The minimum atomic E-state index is -0.222. The summed E-state index contributed by atoms with van der Waals surface area (Å²) in [5.41, 5.74) is 2.18. The van der Waals surface area contributed by atoms with Crippen molar-refractivity contribution < 1.29 is 9.59 Å². The van der Waals surface area contributed by atoms with Gasteiger partial charge in [-0.2, -0.15) is 0 Å². The quantitative estimate of drug-likeness (QED) is 0.882. The Bertz CT molecular complexity index is 741. The maximum absolute atomic E-state index is 12.1. The van der Waals surface area contributed by atoms with Gasteiger partial charge < -0.3 is 15.2 Å². The molecule has 1 fully saturated rings. The lowest BCUT2D eigenvalue weighted by Gasteiger charge is -2.16. The number of hydrogen-bond donors (Lipinski definition) is 2. The minimum Gasteiger partial charge on any atom is -0.361 e. The summed E-state index contributed by atoms with van der Waals surface area (Å²) in [6.45, 7) is 3.61. The highest BCUT2D eigenvalue weighted by molar-refractivity contribution is 6.31. The van der Waals surface area contributed by atoms with Gasteiger partial charge in [-0.15, -0.1) is 0 Å². The third-order valence-corrected chi connectivity index (χ3v) is 4.55. The molecule has 1 aliphatic rings. The second kappa shape index (κ2) is 6.62. The molecule has 3 rings (SSSR count). The van der Waals surface area contributed by atoms with Crippen molar-refractivity contribution in [2.24, 2.45) is 5.92 Å². The van der Waals surface area contributed by atoms with Crippen LogP contribution in [0.2, 0.25) is 5.02 Å². The number of likely N-dealkylation sites (tertiary alicyclic amines) is 1. The lowest BCUT2D eigenvalue weighted by molar-refractivity contribution is -0.128. The summed E-state index contributed by atoms with van der Waals surface area (Å²) in [6, 6.07) is 5.74. The molecule has 2 heterocycles. The fraction of sp³-hybridized carbons (Fsp3) is 0.412. The number of hydrogen-bond acceptors (Lipinski definition) is 2. The van der Waals surface area contributed by atoms with E-state index >= 15 is 0 Å². The second-order valence-corrected chi connectivity index (χ2v) is 6.33. The van der Waals surface area contributed by atoms with E-state index in [0.717, 1.165) is 22.9 Å². The third-order valence-electron chi connectivity index (χ3n) is 4.32. The number of carbonyl (C=O) groups excluding carboxylic acids is 2. The number of carbonyl (C=O) groups is 2. The molecule has 1 unspecified atom stereocenters. The van der Waals surface area contributed by atoms with Gasteiger partial charge in [0.1, 0.15) is 0 Å². The van der Waals surface area contributed by atoms with Crippen molar-refractivity contribution in [1.82, 2.24) is 15.2 Å². The molecule has 1 saturated heterocycles. The topological polar surface area (TPSA) is 65.2 Å². The maximum atomic E-state index is 12.1. The van der Waals surface area contributed by atoms with Crippen LogP contribution >= 0.6 is 11.6 Å². The van der Waals surface area contributed by atoms with Crippen molar-refractivity contribution in [3.05, 3.63) is 35.0 Å². The summed E-state index contributed by atoms with van der Waals surface area (Å²) in [4.78, 5) is 29.0. The highest BCUT2D eigenvalue weighted by Crippen LogP contribution is 2.24. The Kier molecular flexibility index (Phi) is 4.57. The molecule has 1 aromatic heterocycles. The molecule has 0 bridgehead atoms. The van der Waals surface area contributed by atoms with Crippen LogP contribution in [0, 0.1) is 5.92 Å². The number of H-pyrrole nitrogens is 1. The van der Waals surface area contributed by atoms with E-state index in [4.69, 9.17) is 11.6 Å². The van der Waals surface area contributed by atoms with E-state index in [9.17, 15) is 9.59 Å². The Labute approximate surface area is 140 Å². The van der Waals surface area contributed by atoms with E-state index in [0.29, 0.717) is 31.1 Å². The minimum absolute atomic E-state index is 0.0257. The molecule has 23 heavy (non-hydrogen) atoms. The highest BCUT2D eigenvalue weighted by Gasteiger charge is 2.33. The average Bonchev–Trinajstić information content (AvgIpc) is 3.09. The molecular formula is C17H20ClN3O2. The van der Waals surface area contributed by atoms with Gasteiger partial charge in [0.15, 0.2) is 0 Å². The molecule has 1 aromatic carbocycles. The smallest absolute Gasteiger partial charge is 0.225 e. The van der Waals surface area contributed by atoms with Crippen LogP contribution in [-0.2, 0) is 16.0 Å². The zero-order valence-electron chi connectivity index (χ0n) is 13.1. The molecule has 0 spiro atoms. The fourth-order valence-corrected chi connectivity index (χ4v) is 3.27. The van der Waals surface area contributed by atoms with E-state index in [1.54, 1.807) is 4.90 Å². The molecule has 122 valence electrons. The highest BCUT2D eigenvalue weighted by atomic mass is 35.5. The van der Waals surface area contributed by atoms with E-state index in [1.807, 2.05) is 31.3 Å². The summed E-state index contributed by atoms with van der Waals surface area (Å²) in [5.74, 6) is -0.193. The first-order valence-corrected chi connectivity index (χ1v) is 8.27. The van der Waals surface area contributed by atoms with Gasteiger partial charge in [-0.3, -0.25) is 9.59 Å². The van der Waals surface area contributed by atoms with Crippen LogP contribution in [-0.4, -0.2) is 41.3 Å². The van der Waals surface area contributed by atoms with Crippen molar-refractivity contribution in [2.45, 2.75) is 19.8 Å². The molecule has 1 atom stereocenters. The van der Waals surface area contributed by atoms with Crippen molar-refractivity contribution in [3.63, 3.8) is 0 Å². The lowest BCUT2D eigenvalue weighted by Crippen LogP contribution is -2.33. The Morgan fingerprint density at radius 1 is 1.48 bits per heavy atom. The Morgan fingerprint density at radius 2 is 2.30 bits per heavy atom. The summed E-state index contributed by atoms with van der Waals surface area (Å²) in [5, 5.41) is 4.58. The predicted octanol–water partition coefficient (Wildman–Crippen LogP) is 2.35. The molecule has 2 aromatic rings. The molecule has 0 radical (unpaired) electrons. The van der Waals surface area contributed by atoms with E-state index in [-0.39, 0.29) is 17.7 Å². The monoisotopic (exact) mass is 333 g/mol. The standard InChI is InChI=1S/C17H20ClN3O2/c1-2-19-17(23)12-7-16(22)21(10-12)6-5-11-9-20-15-4-3-13(18)8-14(11)15/h3-4,8-9,12,20H,2,5-7,10H2,1H3,(H,19,23). The van der Waals surface area contributed by atoms with Crippen LogP contribution in [0.5, 0.6) is 0 Å². The molecule has 0 aliphatic carbocycles. The van der Waals surface area contributed by atoms with Gasteiger partial charge in [0.25, 0.3) is 0 Å². The predicted molar refractivity (Wildman–Crippen MR) is 90.4 cm³/mol. The van der Waals surface area contributed by atoms with Crippen molar-refractivity contribution in [1.29, 1.82) is 0 Å². The average molecular weight is 334 g/mol. The fourth-order valence-electron chi connectivity index (χ4n) is 3.10. The van der Waals surface area contributed by atoms with E-state index in [1.165, 1.54) is 0 Å². The van der Waals surface area contributed by atoms with Gasteiger partial charge in [-0.25, -0.2) is 0 Å². The number of halogens is 1. The van der Waals surface area contributed by atoms with Crippen molar-refractivity contribution >= 4 is 34.3 Å². The van der Waals surface area contributed by atoms with Gasteiger partial charge in [-0.05, 0) is 37.1 Å². The van der Waals surface area contributed by atoms with Crippen LogP contribution in [0.4, 0.5) is 0 Å². The van der Waals surface area contributed by atoms with Gasteiger partial charge in [0, 0.05) is 48.2 Å². The normalized spacial score (nSPS) is 17.9. The van der Waals surface area contributed by atoms with Crippen LogP contribution < -0.4 is 5.32 Å². The summed E-state index contributed by atoms with van der Waals surface area (Å²) in [7, 11) is 0. The van der Waals surface area contributed by atoms with Gasteiger partial charge in [0.2, 0.25) is 11.8 Å². The third kappa shape index (κ3) is 3.34. The summed E-state index contributed by atoms with van der Waals surface area (Å²) >= 11 is 6.06. The molecular weight excluding hydrogens is 314 g/mol. The number of fused-ring (bicyclic) bond motifs is 1. The van der Waals surface area contributed by atoms with Gasteiger partial charge in [0.05, 0.1) is 5.92 Å². The molecule has 6 heteroatoms. The number of amides is 2. The number of benzene rings is 1. The van der Waals surface area contributed by atoms with Crippen LogP contribution in [0.25, 0.3) is 10.9 Å². The SMILES string of the molecule is CCNC(=O)C1CC(=O)N(CCc2c[nH]c3ccc(Cl)cc23)C1. The number of rotatable bonds is 5. The number of aromatic nitrogens is 1. The molecule has 2 amide bonds. The van der Waals surface area contributed by atoms with Crippen molar-refractivity contribution in [2.75, 3.05) is 19.6 Å². The molecule has 0 saturated carbocycles. The van der Waals surface area contributed by atoms with Crippen LogP contribution in [0.15, 0.2) is 24.4 Å². The Hall–Kier alpha value is -2.01. The number of aromatic amines is 1. The first kappa shape index (κ1) is 15.9. The Morgan fingerprint density at radius 3 is 3.09 bits per heavy atom. The summed E-state index contributed by atoms with van der Waals surface area (Å²) in [6.07, 6.45) is 3.02. The van der Waals surface area contributed by atoms with Crippen molar-refractivity contribution in [3.8, 4) is 0 Å².